The van der Waals surface area contributed by atoms with Crippen LogP contribution in [0.4, 0.5) is 14.5 Å². The number of ketones is 1. The largest absolute Gasteiger partial charge is 0.476 e. The zero-order valence-electron chi connectivity index (χ0n) is 18.0. The van der Waals surface area contributed by atoms with Gasteiger partial charge in [-0.25, -0.2) is 22.2 Å². The Morgan fingerprint density at radius 2 is 2.09 bits per heavy atom. The van der Waals surface area contributed by atoms with Crippen LogP contribution in [0.2, 0.25) is 0 Å². The fourth-order valence-corrected chi connectivity index (χ4v) is 4.77. The molecule has 0 saturated heterocycles. The number of carbonyl (C=O) groups excluding carboxylic acids is 1. The van der Waals surface area contributed by atoms with Gasteiger partial charge in [-0.2, -0.15) is 0 Å². The number of rotatable bonds is 10. The molecular weight excluding hydrogens is 454 g/mol. The summed E-state index contributed by atoms with van der Waals surface area (Å²) in [6.45, 7) is 2.20. The number of sulfonamides is 1. The average Bonchev–Trinajstić information content (AvgIpc) is 3.11. The molecule has 1 aliphatic carbocycles. The van der Waals surface area contributed by atoms with Crippen LogP contribution in [0, 0.1) is 17.6 Å². The van der Waals surface area contributed by atoms with Crippen LogP contribution in [0.5, 0.6) is 5.88 Å². The van der Waals surface area contributed by atoms with Crippen LogP contribution in [-0.4, -0.2) is 41.7 Å². The molecule has 0 spiro atoms. The summed E-state index contributed by atoms with van der Waals surface area (Å²) in [4.78, 5) is 17.0. The van der Waals surface area contributed by atoms with E-state index in [1.54, 1.807) is 13.0 Å². The highest BCUT2D eigenvalue weighted by atomic mass is 32.2. The first kappa shape index (κ1) is 23.1. The summed E-state index contributed by atoms with van der Waals surface area (Å²) in [5.74, 6) is -2.53. The molecule has 1 saturated carbocycles. The van der Waals surface area contributed by atoms with Crippen LogP contribution in [0.25, 0.3) is 11.0 Å². The molecule has 3 aromatic rings. The van der Waals surface area contributed by atoms with E-state index in [2.05, 4.69) is 19.9 Å². The minimum absolute atomic E-state index is 0.228. The highest BCUT2D eigenvalue weighted by molar-refractivity contribution is 7.92. The molecule has 2 aromatic heterocycles. The number of hydrogen-bond acceptors (Lipinski definition) is 6. The molecule has 0 aliphatic heterocycles. The van der Waals surface area contributed by atoms with Crippen LogP contribution in [-0.2, 0) is 16.4 Å². The lowest BCUT2D eigenvalue weighted by atomic mass is 9.86. The van der Waals surface area contributed by atoms with Crippen molar-refractivity contribution in [3.63, 3.8) is 0 Å². The third-order valence-electron chi connectivity index (χ3n) is 5.59. The molecule has 11 heteroatoms. The first-order chi connectivity index (χ1) is 15.8. The number of hydrogen-bond donors (Lipinski definition) is 2. The number of Topliss-reactive ketones (excluding diaryl/α,β-unsaturated/α-hetero) is 1. The number of fused-ring (bicyclic) bond motifs is 1. The SMILES string of the molecule is CCCS(=O)(=O)Nc1ccc(F)c(C(=O)Cc2cnc3[nH]nc(OCC4CCC4)c3c2)c1F. The van der Waals surface area contributed by atoms with Crippen molar-refractivity contribution in [2.75, 3.05) is 17.1 Å². The van der Waals surface area contributed by atoms with Gasteiger partial charge in [0, 0.05) is 12.6 Å². The Morgan fingerprint density at radius 3 is 2.79 bits per heavy atom. The Kier molecular flexibility index (Phi) is 6.59. The lowest BCUT2D eigenvalue weighted by Crippen LogP contribution is -2.19. The molecule has 0 bridgehead atoms. The van der Waals surface area contributed by atoms with Gasteiger partial charge in [0.25, 0.3) is 0 Å². The summed E-state index contributed by atoms with van der Waals surface area (Å²) in [5, 5.41) is 7.45. The maximum atomic E-state index is 14.9. The molecule has 0 radical (unpaired) electrons. The van der Waals surface area contributed by atoms with Crippen molar-refractivity contribution >= 4 is 32.5 Å². The van der Waals surface area contributed by atoms with E-state index in [0.29, 0.717) is 41.4 Å². The minimum Gasteiger partial charge on any atom is -0.476 e. The fourth-order valence-electron chi connectivity index (χ4n) is 3.64. The van der Waals surface area contributed by atoms with Gasteiger partial charge in [0.05, 0.1) is 29.0 Å². The van der Waals surface area contributed by atoms with Crippen molar-refractivity contribution < 1.29 is 26.7 Å². The summed E-state index contributed by atoms with van der Waals surface area (Å²) in [5.41, 5.74) is -0.388. The molecule has 33 heavy (non-hydrogen) atoms. The van der Waals surface area contributed by atoms with Crippen molar-refractivity contribution in [2.45, 2.75) is 39.0 Å². The lowest BCUT2D eigenvalue weighted by molar-refractivity contribution is 0.0985. The summed E-state index contributed by atoms with van der Waals surface area (Å²) in [6.07, 6.45) is 4.82. The van der Waals surface area contributed by atoms with E-state index in [-0.39, 0.29) is 12.2 Å². The Labute approximate surface area is 189 Å². The monoisotopic (exact) mass is 478 g/mol. The third-order valence-corrected chi connectivity index (χ3v) is 7.07. The number of aromatic amines is 1. The van der Waals surface area contributed by atoms with E-state index in [1.165, 1.54) is 12.6 Å². The number of H-pyrrole nitrogens is 1. The summed E-state index contributed by atoms with van der Waals surface area (Å²) in [7, 11) is -3.81. The number of ether oxygens (including phenoxy) is 1. The Bertz CT molecular complexity index is 1290. The zero-order chi connectivity index (χ0) is 23.6. The zero-order valence-corrected chi connectivity index (χ0v) is 18.8. The van der Waals surface area contributed by atoms with Crippen LogP contribution in [0.1, 0.15) is 48.5 Å². The van der Waals surface area contributed by atoms with Gasteiger partial charge in [0.15, 0.2) is 17.2 Å². The lowest BCUT2D eigenvalue weighted by Gasteiger charge is -2.24. The molecule has 1 fully saturated rings. The number of pyridine rings is 1. The Balaban J connectivity index is 1.55. The molecule has 4 rings (SSSR count). The quantitative estimate of drug-likeness (QED) is 0.426. The molecule has 1 aliphatic rings. The molecule has 8 nitrogen and oxygen atoms in total. The molecule has 1 aromatic carbocycles. The summed E-state index contributed by atoms with van der Waals surface area (Å²) >= 11 is 0. The van der Waals surface area contributed by atoms with Crippen molar-refractivity contribution in [2.24, 2.45) is 5.92 Å². The molecule has 2 heterocycles. The Morgan fingerprint density at radius 1 is 1.30 bits per heavy atom. The first-order valence-corrected chi connectivity index (χ1v) is 12.4. The van der Waals surface area contributed by atoms with Gasteiger partial charge < -0.3 is 4.74 Å². The number of nitrogens with one attached hydrogen (secondary N) is 2. The second kappa shape index (κ2) is 9.42. The normalized spacial score (nSPS) is 14.3. The average molecular weight is 479 g/mol. The van der Waals surface area contributed by atoms with Gasteiger partial charge in [-0.1, -0.05) is 13.3 Å². The molecular formula is C22H24F2N4O4S. The van der Waals surface area contributed by atoms with Gasteiger partial charge in [0.1, 0.15) is 5.82 Å². The predicted octanol–water partition coefficient (Wildman–Crippen LogP) is 3.99. The first-order valence-electron chi connectivity index (χ1n) is 10.7. The predicted molar refractivity (Wildman–Crippen MR) is 119 cm³/mol. The second-order valence-electron chi connectivity index (χ2n) is 8.18. The molecule has 176 valence electrons. The maximum Gasteiger partial charge on any atom is 0.242 e. The van der Waals surface area contributed by atoms with E-state index in [0.717, 1.165) is 25.0 Å². The smallest absolute Gasteiger partial charge is 0.242 e. The summed E-state index contributed by atoms with van der Waals surface area (Å²) in [6, 6.07) is 3.47. The standard InChI is InChI=1S/C22H24F2N4O4S/c1-2-8-33(30,31)28-17-7-6-16(23)19(20(17)24)18(29)10-14-9-15-21(25-11-14)26-27-22(15)32-12-13-4-3-5-13/h6-7,9,11,13,28H,2-5,8,10,12H2,1H3,(H,25,26,27). The van der Waals surface area contributed by atoms with Crippen LogP contribution in [0.3, 0.4) is 0 Å². The van der Waals surface area contributed by atoms with Crippen molar-refractivity contribution in [3.8, 4) is 5.88 Å². The molecule has 0 atom stereocenters. The number of aromatic nitrogens is 3. The molecule has 2 N–H and O–H groups in total. The van der Waals surface area contributed by atoms with Gasteiger partial charge in [-0.05, 0) is 48.9 Å². The van der Waals surface area contributed by atoms with Gasteiger partial charge in [-0.3, -0.25) is 14.6 Å². The van der Waals surface area contributed by atoms with E-state index in [1.807, 2.05) is 0 Å². The van der Waals surface area contributed by atoms with Gasteiger partial charge >= 0.3 is 0 Å². The van der Waals surface area contributed by atoms with E-state index >= 15 is 0 Å². The van der Waals surface area contributed by atoms with Crippen LogP contribution in [0.15, 0.2) is 24.4 Å². The van der Waals surface area contributed by atoms with E-state index in [4.69, 9.17) is 4.74 Å². The number of anilines is 1. The molecule has 0 amide bonds. The van der Waals surface area contributed by atoms with E-state index < -0.39 is 38.7 Å². The number of carbonyl (C=O) groups is 1. The maximum absolute atomic E-state index is 14.9. The minimum atomic E-state index is -3.81. The molecule has 0 unspecified atom stereocenters. The highest BCUT2D eigenvalue weighted by Crippen LogP contribution is 2.29. The van der Waals surface area contributed by atoms with E-state index in [9.17, 15) is 22.0 Å². The third kappa shape index (κ3) is 5.13. The number of nitrogens with zero attached hydrogens (tertiary/aromatic N) is 2. The number of halogens is 2. The fraction of sp³-hybridized carbons (Fsp3) is 0.409. The van der Waals surface area contributed by atoms with Crippen LogP contribution < -0.4 is 9.46 Å². The highest BCUT2D eigenvalue weighted by Gasteiger charge is 2.24. The summed E-state index contributed by atoms with van der Waals surface area (Å²) < 4.78 is 61.1. The van der Waals surface area contributed by atoms with Crippen molar-refractivity contribution in [1.82, 2.24) is 15.2 Å². The van der Waals surface area contributed by atoms with Crippen molar-refractivity contribution in [3.05, 3.63) is 47.2 Å². The van der Waals surface area contributed by atoms with Gasteiger partial charge in [-0.15, -0.1) is 5.10 Å². The van der Waals surface area contributed by atoms with Crippen molar-refractivity contribution in [1.29, 1.82) is 0 Å². The topological polar surface area (TPSA) is 114 Å². The Hall–Kier alpha value is -3.08. The second-order valence-corrected chi connectivity index (χ2v) is 10.0. The van der Waals surface area contributed by atoms with Crippen LogP contribution >= 0.6 is 0 Å². The van der Waals surface area contributed by atoms with Gasteiger partial charge in [0.2, 0.25) is 15.9 Å². The number of benzene rings is 1.